The Kier molecular flexibility index (Phi) is 6.91. The summed E-state index contributed by atoms with van der Waals surface area (Å²) in [5, 5.41) is 9.15. The second-order valence-corrected chi connectivity index (χ2v) is 8.67. The topological polar surface area (TPSA) is 42.9 Å². The fourth-order valence-electron chi connectivity index (χ4n) is 4.24. The summed E-state index contributed by atoms with van der Waals surface area (Å²) in [6.45, 7) is 8.36. The van der Waals surface area contributed by atoms with E-state index in [0.717, 1.165) is 30.5 Å². The molecule has 0 aliphatic heterocycles. The first-order chi connectivity index (χ1) is 15.6. The fourth-order valence-corrected chi connectivity index (χ4v) is 4.24. The number of nitrogens with one attached hydrogen (secondary N) is 1. The van der Waals surface area contributed by atoms with Crippen molar-refractivity contribution in [3.05, 3.63) is 101 Å². The minimum Gasteiger partial charge on any atom is -0.379 e. The monoisotopic (exact) mass is 427 g/mol. The van der Waals surface area contributed by atoms with Crippen molar-refractivity contribution in [2.45, 2.75) is 46.2 Å². The molecular weight excluding hydrogens is 394 g/mol. The average molecular weight is 428 g/mol. The first kappa shape index (κ1) is 22.1. The van der Waals surface area contributed by atoms with E-state index < -0.39 is 0 Å². The number of nitrogens with zero attached hydrogens (tertiary/aromatic N) is 2. The number of hydrogen-bond donors (Lipinski definition) is 1. The molecule has 4 rings (SSSR count). The summed E-state index contributed by atoms with van der Waals surface area (Å²) < 4.78 is 10.3. The predicted molar refractivity (Wildman–Crippen MR) is 131 cm³/mol. The van der Waals surface area contributed by atoms with Crippen molar-refractivity contribution >= 4 is 11.0 Å². The maximum absolute atomic E-state index is 9.15. The molecule has 0 radical (unpaired) electrons. The summed E-state index contributed by atoms with van der Waals surface area (Å²) >= 11 is 0. The zero-order valence-corrected chi connectivity index (χ0v) is 19.3. The summed E-state index contributed by atoms with van der Waals surface area (Å²) in [4.78, 5) is 0. The largest absolute Gasteiger partial charge is 0.379 e. The molecule has 0 saturated carbocycles. The molecule has 0 saturated heterocycles. The van der Waals surface area contributed by atoms with Gasteiger partial charge in [0.2, 0.25) is 5.62 Å². The van der Waals surface area contributed by atoms with Gasteiger partial charge in [-0.25, -0.2) is 0 Å². The Hall–Kier alpha value is -3.11. The molecule has 0 amide bonds. The van der Waals surface area contributed by atoms with Crippen LogP contribution in [0.5, 0.6) is 0 Å². The molecule has 0 aliphatic carbocycles. The molecule has 4 heteroatoms. The third-order valence-corrected chi connectivity index (χ3v) is 5.99. The molecule has 4 aromatic rings. The Balaban J connectivity index is 1.76. The molecule has 0 aliphatic rings. The molecule has 1 aromatic heterocycles. The van der Waals surface area contributed by atoms with Crippen LogP contribution in [0.15, 0.2) is 72.8 Å². The van der Waals surface area contributed by atoms with Crippen LogP contribution in [-0.2, 0) is 17.7 Å². The summed E-state index contributed by atoms with van der Waals surface area (Å²) in [6.07, 6.45) is 1.82. The molecule has 1 N–H and O–H groups in total. The molecule has 1 atom stereocenters. The molecular formula is C28H33N3O. The Bertz CT molecular complexity index is 1220. The number of ether oxygens (including phenoxy) is 1. The molecule has 0 bridgehead atoms. The van der Waals surface area contributed by atoms with Crippen molar-refractivity contribution in [3.63, 3.8) is 0 Å². The van der Waals surface area contributed by atoms with Gasteiger partial charge in [0, 0.05) is 6.61 Å². The van der Waals surface area contributed by atoms with Crippen molar-refractivity contribution in [2.75, 3.05) is 13.2 Å². The van der Waals surface area contributed by atoms with Gasteiger partial charge in [-0.3, -0.25) is 5.41 Å². The molecule has 0 unspecified atom stereocenters. The highest BCUT2D eigenvalue weighted by Gasteiger charge is 2.20. The highest BCUT2D eigenvalue weighted by Crippen LogP contribution is 2.22. The van der Waals surface area contributed by atoms with Gasteiger partial charge in [-0.1, -0.05) is 78.7 Å². The number of rotatable bonds is 9. The van der Waals surface area contributed by atoms with Crippen LogP contribution in [0.25, 0.3) is 11.0 Å². The maximum atomic E-state index is 9.15. The lowest BCUT2D eigenvalue weighted by Crippen LogP contribution is -2.31. The maximum Gasteiger partial charge on any atom is 0.203 e. The van der Waals surface area contributed by atoms with Gasteiger partial charge < -0.3 is 13.9 Å². The van der Waals surface area contributed by atoms with Crippen LogP contribution in [0.3, 0.4) is 0 Å². The summed E-state index contributed by atoms with van der Waals surface area (Å²) in [7, 11) is 0. The van der Waals surface area contributed by atoms with Gasteiger partial charge in [-0.05, 0) is 49.9 Å². The Labute approximate surface area is 190 Å². The molecule has 3 aromatic carbocycles. The van der Waals surface area contributed by atoms with Crippen molar-refractivity contribution in [1.29, 1.82) is 5.41 Å². The lowest BCUT2D eigenvalue weighted by atomic mass is 10.0. The van der Waals surface area contributed by atoms with Gasteiger partial charge in [0.15, 0.2) is 0 Å². The van der Waals surface area contributed by atoms with Crippen LogP contribution in [0.1, 0.15) is 41.6 Å². The fraction of sp³-hybridized carbons (Fsp3) is 0.321. The first-order valence-corrected chi connectivity index (χ1v) is 11.5. The quantitative estimate of drug-likeness (QED) is 0.337. The summed E-state index contributed by atoms with van der Waals surface area (Å²) in [6, 6.07) is 25.7. The minimum absolute atomic E-state index is 0.0564. The number of hydrogen-bond acceptors (Lipinski definition) is 2. The van der Waals surface area contributed by atoms with Gasteiger partial charge in [-0.2, -0.15) is 0 Å². The minimum atomic E-state index is 0.0564. The van der Waals surface area contributed by atoms with E-state index in [1.165, 1.54) is 22.3 Å². The van der Waals surface area contributed by atoms with Crippen molar-refractivity contribution < 1.29 is 4.74 Å². The summed E-state index contributed by atoms with van der Waals surface area (Å²) in [5.41, 5.74) is 7.67. The van der Waals surface area contributed by atoms with E-state index in [1.807, 2.05) is 0 Å². The highest BCUT2D eigenvalue weighted by atomic mass is 16.5. The summed E-state index contributed by atoms with van der Waals surface area (Å²) in [5.74, 6) is 0. The predicted octanol–water partition coefficient (Wildman–Crippen LogP) is 5.80. The van der Waals surface area contributed by atoms with Gasteiger partial charge in [0.05, 0.1) is 30.2 Å². The number of fused-ring (bicyclic) bond motifs is 1. The number of benzene rings is 3. The van der Waals surface area contributed by atoms with E-state index in [0.29, 0.717) is 18.8 Å². The highest BCUT2D eigenvalue weighted by molar-refractivity contribution is 5.76. The Morgan fingerprint density at radius 1 is 0.812 bits per heavy atom. The Morgan fingerprint density at radius 3 is 2.03 bits per heavy atom. The second kappa shape index (κ2) is 10.0. The van der Waals surface area contributed by atoms with E-state index >= 15 is 0 Å². The standard InChI is InChI=1S/C28H33N3O/c1-4-17-32-20-25(18-23-13-9-21(2)10-14-23)31-27-8-6-5-7-26(27)30(28(31)29)19-24-15-11-22(3)12-16-24/h5-16,25,29H,4,17-20H2,1-3H3/t25-/m0/s1. The van der Waals surface area contributed by atoms with Crippen LogP contribution in [-0.4, -0.2) is 22.3 Å². The van der Waals surface area contributed by atoms with Crippen molar-refractivity contribution in [2.24, 2.45) is 0 Å². The van der Waals surface area contributed by atoms with Crippen LogP contribution in [0, 0.1) is 19.3 Å². The van der Waals surface area contributed by atoms with Gasteiger partial charge >= 0.3 is 0 Å². The smallest absolute Gasteiger partial charge is 0.203 e. The van der Waals surface area contributed by atoms with E-state index in [1.54, 1.807) is 0 Å². The number of aryl methyl sites for hydroxylation is 2. The van der Waals surface area contributed by atoms with Crippen molar-refractivity contribution in [1.82, 2.24) is 9.13 Å². The Morgan fingerprint density at radius 2 is 1.41 bits per heavy atom. The molecule has 0 fully saturated rings. The zero-order valence-electron chi connectivity index (χ0n) is 19.3. The number of para-hydroxylation sites is 2. The molecule has 32 heavy (non-hydrogen) atoms. The second-order valence-electron chi connectivity index (χ2n) is 8.67. The third-order valence-electron chi connectivity index (χ3n) is 5.99. The molecule has 4 nitrogen and oxygen atoms in total. The first-order valence-electron chi connectivity index (χ1n) is 11.5. The van der Waals surface area contributed by atoms with E-state index in [4.69, 9.17) is 10.1 Å². The number of imidazole rings is 1. The van der Waals surface area contributed by atoms with Crippen LogP contribution in [0.4, 0.5) is 0 Å². The van der Waals surface area contributed by atoms with Crippen LogP contribution < -0.4 is 5.62 Å². The van der Waals surface area contributed by atoms with Crippen molar-refractivity contribution in [3.8, 4) is 0 Å². The number of aromatic nitrogens is 2. The van der Waals surface area contributed by atoms with Gasteiger partial charge in [0.25, 0.3) is 0 Å². The van der Waals surface area contributed by atoms with Gasteiger partial charge in [-0.15, -0.1) is 0 Å². The van der Waals surface area contributed by atoms with Crippen LogP contribution >= 0.6 is 0 Å². The third kappa shape index (κ3) is 4.86. The van der Waals surface area contributed by atoms with Gasteiger partial charge in [0.1, 0.15) is 0 Å². The molecule has 1 heterocycles. The zero-order chi connectivity index (χ0) is 22.5. The SMILES string of the molecule is CCCOC[C@H](Cc1ccc(C)cc1)n1c(=N)n(Cc2ccc(C)cc2)c2ccccc21. The van der Waals surface area contributed by atoms with E-state index in [9.17, 15) is 0 Å². The van der Waals surface area contributed by atoms with E-state index in [2.05, 4.69) is 103 Å². The lowest BCUT2D eigenvalue weighted by Gasteiger charge is -2.20. The molecule has 166 valence electrons. The molecule has 0 spiro atoms. The van der Waals surface area contributed by atoms with Crippen LogP contribution in [0.2, 0.25) is 0 Å². The average Bonchev–Trinajstić information content (AvgIpc) is 3.07. The normalized spacial score (nSPS) is 12.3. The lowest BCUT2D eigenvalue weighted by molar-refractivity contribution is 0.102. The van der Waals surface area contributed by atoms with E-state index in [-0.39, 0.29) is 6.04 Å².